The fourth-order valence-corrected chi connectivity index (χ4v) is 2.51. The van der Waals surface area contributed by atoms with Crippen LogP contribution in [0.3, 0.4) is 0 Å². The lowest BCUT2D eigenvalue weighted by Crippen LogP contribution is -2.45. The van der Waals surface area contributed by atoms with Crippen molar-refractivity contribution in [2.24, 2.45) is 5.92 Å². The molecule has 0 aromatic heterocycles. The molecule has 2 N–H and O–H groups in total. The molecule has 3 nitrogen and oxygen atoms in total. The van der Waals surface area contributed by atoms with Crippen molar-refractivity contribution in [3.8, 4) is 0 Å². The van der Waals surface area contributed by atoms with Gasteiger partial charge in [0.05, 0.1) is 0 Å². The van der Waals surface area contributed by atoms with Gasteiger partial charge < -0.3 is 10.4 Å². The van der Waals surface area contributed by atoms with Crippen molar-refractivity contribution in [2.45, 2.75) is 45.1 Å². The second kappa shape index (κ2) is 5.01. The zero-order chi connectivity index (χ0) is 13.2. The van der Waals surface area contributed by atoms with E-state index in [0.29, 0.717) is 12.3 Å². The van der Waals surface area contributed by atoms with Crippen molar-refractivity contribution in [1.29, 1.82) is 0 Å². The minimum atomic E-state index is -0.862. The van der Waals surface area contributed by atoms with Gasteiger partial charge in [-0.3, -0.25) is 0 Å². The van der Waals surface area contributed by atoms with Gasteiger partial charge in [-0.25, -0.2) is 4.79 Å². The average molecular weight is 247 g/mol. The van der Waals surface area contributed by atoms with Gasteiger partial charge in [0.15, 0.2) is 0 Å². The summed E-state index contributed by atoms with van der Waals surface area (Å²) < 4.78 is 0. The molecular formula is C15H21NO2. The van der Waals surface area contributed by atoms with Crippen molar-refractivity contribution in [3.05, 3.63) is 29.8 Å². The number of aryl methyl sites for hydroxylation is 1. The van der Waals surface area contributed by atoms with E-state index < -0.39 is 11.5 Å². The summed E-state index contributed by atoms with van der Waals surface area (Å²) in [7, 11) is 0. The maximum Gasteiger partial charge on any atom is 0.329 e. The topological polar surface area (TPSA) is 49.3 Å². The van der Waals surface area contributed by atoms with Crippen molar-refractivity contribution in [3.63, 3.8) is 0 Å². The summed E-state index contributed by atoms with van der Waals surface area (Å²) >= 11 is 0. The summed E-state index contributed by atoms with van der Waals surface area (Å²) in [6.45, 7) is 3.80. The highest BCUT2D eigenvalue weighted by Gasteiger charge is 2.37. The molecule has 1 unspecified atom stereocenters. The van der Waals surface area contributed by atoms with E-state index in [1.807, 2.05) is 31.2 Å². The van der Waals surface area contributed by atoms with Gasteiger partial charge in [-0.1, -0.05) is 31.4 Å². The fourth-order valence-electron chi connectivity index (χ4n) is 2.51. The molecule has 18 heavy (non-hydrogen) atoms. The molecule has 1 fully saturated rings. The molecule has 98 valence electrons. The molecule has 0 aliphatic heterocycles. The van der Waals surface area contributed by atoms with Crippen molar-refractivity contribution in [1.82, 2.24) is 0 Å². The molecule has 0 radical (unpaired) electrons. The van der Waals surface area contributed by atoms with E-state index >= 15 is 0 Å². The molecule has 2 rings (SSSR count). The monoisotopic (exact) mass is 247 g/mol. The third kappa shape index (κ3) is 2.84. The first kappa shape index (κ1) is 12.9. The van der Waals surface area contributed by atoms with E-state index in [1.165, 1.54) is 19.3 Å². The Hall–Kier alpha value is -1.51. The molecule has 1 aliphatic rings. The van der Waals surface area contributed by atoms with Crippen LogP contribution in [-0.4, -0.2) is 16.6 Å². The van der Waals surface area contributed by atoms with Crippen LogP contribution in [0.15, 0.2) is 24.3 Å². The highest BCUT2D eigenvalue weighted by molar-refractivity contribution is 5.82. The van der Waals surface area contributed by atoms with E-state index in [-0.39, 0.29) is 0 Å². The molecule has 1 aromatic rings. The zero-order valence-corrected chi connectivity index (χ0v) is 11.1. The molecule has 1 aromatic carbocycles. The van der Waals surface area contributed by atoms with Crippen molar-refractivity contribution in [2.75, 3.05) is 5.32 Å². The third-order valence-corrected chi connectivity index (χ3v) is 3.83. The number of hydrogen-bond acceptors (Lipinski definition) is 2. The first-order valence-corrected chi connectivity index (χ1v) is 6.58. The summed E-state index contributed by atoms with van der Waals surface area (Å²) in [5.41, 5.74) is 1.16. The minimum absolute atomic E-state index is 0.559. The van der Waals surface area contributed by atoms with Gasteiger partial charge in [-0.15, -0.1) is 0 Å². The SMILES string of the molecule is Cc1cccc(NC(C)(CC2CCC2)C(=O)O)c1. The van der Waals surface area contributed by atoms with Crippen LogP contribution in [0, 0.1) is 12.8 Å². The Kier molecular flexibility index (Phi) is 3.60. The first-order valence-electron chi connectivity index (χ1n) is 6.58. The highest BCUT2D eigenvalue weighted by atomic mass is 16.4. The number of benzene rings is 1. The van der Waals surface area contributed by atoms with E-state index in [1.54, 1.807) is 6.92 Å². The van der Waals surface area contributed by atoms with Gasteiger partial charge in [-0.05, 0) is 43.9 Å². The van der Waals surface area contributed by atoms with E-state index in [4.69, 9.17) is 0 Å². The van der Waals surface area contributed by atoms with Crippen LogP contribution in [0.4, 0.5) is 5.69 Å². The Balaban J connectivity index is 2.11. The molecule has 0 saturated heterocycles. The highest BCUT2D eigenvalue weighted by Crippen LogP contribution is 2.35. The van der Waals surface area contributed by atoms with Crippen LogP contribution in [-0.2, 0) is 4.79 Å². The maximum atomic E-state index is 11.5. The van der Waals surface area contributed by atoms with Gasteiger partial charge in [-0.2, -0.15) is 0 Å². The van der Waals surface area contributed by atoms with E-state index in [0.717, 1.165) is 11.3 Å². The predicted octanol–water partition coefficient (Wildman–Crippen LogP) is 3.44. The lowest BCUT2D eigenvalue weighted by Gasteiger charge is -2.35. The van der Waals surface area contributed by atoms with Crippen LogP contribution in [0.2, 0.25) is 0 Å². The zero-order valence-electron chi connectivity index (χ0n) is 11.1. The van der Waals surface area contributed by atoms with E-state index in [9.17, 15) is 9.90 Å². The quantitative estimate of drug-likeness (QED) is 0.838. The van der Waals surface area contributed by atoms with Crippen LogP contribution < -0.4 is 5.32 Å². The fraction of sp³-hybridized carbons (Fsp3) is 0.533. The average Bonchev–Trinajstić information content (AvgIpc) is 2.23. The van der Waals surface area contributed by atoms with Crippen LogP contribution in [0.25, 0.3) is 0 Å². The van der Waals surface area contributed by atoms with Crippen molar-refractivity contribution >= 4 is 11.7 Å². The smallest absolute Gasteiger partial charge is 0.329 e. The predicted molar refractivity (Wildman–Crippen MR) is 72.8 cm³/mol. The summed E-state index contributed by atoms with van der Waals surface area (Å²) in [5.74, 6) is -0.209. The number of carbonyl (C=O) groups is 1. The normalized spacial score (nSPS) is 18.8. The van der Waals surface area contributed by atoms with Crippen molar-refractivity contribution < 1.29 is 9.90 Å². The standard InChI is InChI=1S/C15H21NO2/c1-11-5-3-8-13(9-11)16-15(2,14(17)18)10-12-6-4-7-12/h3,5,8-9,12,16H,4,6-7,10H2,1-2H3,(H,17,18). The van der Waals surface area contributed by atoms with Gasteiger partial charge in [0.2, 0.25) is 0 Å². The Morgan fingerprint density at radius 2 is 2.22 bits per heavy atom. The molecule has 0 heterocycles. The number of carboxylic acids is 1. The Bertz CT molecular complexity index is 440. The van der Waals surface area contributed by atoms with Crippen LogP contribution >= 0.6 is 0 Å². The molecule has 1 atom stereocenters. The molecule has 0 bridgehead atoms. The summed E-state index contributed by atoms with van der Waals surface area (Å²) in [6, 6.07) is 7.87. The molecule has 0 spiro atoms. The third-order valence-electron chi connectivity index (χ3n) is 3.83. The van der Waals surface area contributed by atoms with Crippen LogP contribution in [0.5, 0.6) is 0 Å². The number of anilines is 1. The Morgan fingerprint density at radius 1 is 1.50 bits per heavy atom. The van der Waals surface area contributed by atoms with Crippen LogP contribution in [0.1, 0.15) is 38.2 Å². The minimum Gasteiger partial charge on any atom is -0.480 e. The number of hydrogen-bond donors (Lipinski definition) is 2. The summed E-state index contributed by atoms with van der Waals surface area (Å²) in [4.78, 5) is 11.5. The van der Waals surface area contributed by atoms with E-state index in [2.05, 4.69) is 5.32 Å². The number of nitrogens with one attached hydrogen (secondary N) is 1. The summed E-state index contributed by atoms with van der Waals surface area (Å²) in [6.07, 6.45) is 4.28. The Morgan fingerprint density at radius 3 is 2.72 bits per heavy atom. The molecule has 1 aliphatic carbocycles. The molecule has 1 saturated carbocycles. The molecular weight excluding hydrogens is 226 g/mol. The first-order chi connectivity index (χ1) is 8.49. The molecule has 0 amide bonds. The number of carboxylic acid groups (broad SMARTS) is 1. The number of rotatable bonds is 5. The lowest BCUT2D eigenvalue weighted by molar-refractivity contribution is -0.142. The van der Waals surface area contributed by atoms with Gasteiger partial charge in [0.25, 0.3) is 0 Å². The largest absolute Gasteiger partial charge is 0.480 e. The summed E-state index contributed by atoms with van der Waals surface area (Å²) in [5, 5.41) is 12.7. The molecule has 3 heteroatoms. The lowest BCUT2D eigenvalue weighted by atomic mass is 9.76. The second-order valence-corrected chi connectivity index (χ2v) is 5.63. The Labute approximate surface area is 108 Å². The van der Waals surface area contributed by atoms with Gasteiger partial charge in [0, 0.05) is 5.69 Å². The van der Waals surface area contributed by atoms with Gasteiger partial charge >= 0.3 is 5.97 Å². The number of aliphatic carboxylic acids is 1. The maximum absolute atomic E-state index is 11.5. The van der Waals surface area contributed by atoms with Gasteiger partial charge in [0.1, 0.15) is 5.54 Å². The second-order valence-electron chi connectivity index (χ2n) is 5.63.